The van der Waals surface area contributed by atoms with Gasteiger partial charge in [-0.1, -0.05) is 5.16 Å². The van der Waals surface area contributed by atoms with E-state index in [-0.39, 0.29) is 24.4 Å². The highest BCUT2D eigenvalue weighted by atomic mass is 35.5. The first-order valence-electron chi connectivity index (χ1n) is 8.82. The Morgan fingerprint density at radius 3 is 2.74 bits per heavy atom. The van der Waals surface area contributed by atoms with Crippen LogP contribution in [0.25, 0.3) is 22.4 Å². The van der Waals surface area contributed by atoms with Gasteiger partial charge < -0.3 is 19.2 Å². The van der Waals surface area contributed by atoms with Crippen LogP contribution >= 0.6 is 12.4 Å². The van der Waals surface area contributed by atoms with E-state index < -0.39 is 0 Å². The molecule has 1 unspecified atom stereocenters. The van der Waals surface area contributed by atoms with Gasteiger partial charge in [0.15, 0.2) is 0 Å². The molecule has 0 spiro atoms. The van der Waals surface area contributed by atoms with Gasteiger partial charge in [-0.2, -0.15) is 0 Å². The molecule has 0 radical (unpaired) electrons. The maximum Gasteiger partial charge on any atom is 0.259 e. The molecule has 4 heterocycles. The van der Waals surface area contributed by atoms with E-state index in [9.17, 15) is 4.79 Å². The summed E-state index contributed by atoms with van der Waals surface area (Å²) in [6.07, 6.45) is 0. The third-order valence-electron chi connectivity index (χ3n) is 4.93. The molecule has 8 heteroatoms. The molecule has 1 atom stereocenters. The minimum absolute atomic E-state index is 0. The number of piperazine rings is 1. The minimum Gasteiger partial charge on any atom is -0.466 e. The van der Waals surface area contributed by atoms with Crippen molar-refractivity contribution in [2.24, 2.45) is 0 Å². The summed E-state index contributed by atoms with van der Waals surface area (Å²) >= 11 is 0. The summed E-state index contributed by atoms with van der Waals surface area (Å²) in [6.45, 7) is 9.91. The number of nitrogens with one attached hydrogen (secondary N) is 1. The van der Waals surface area contributed by atoms with Gasteiger partial charge in [0.25, 0.3) is 11.6 Å². The Morgan fingerprint density at radius 1 is 1.30 bits per heavy atom. The topological polar surface area (TPSA) is 84.4 Å². The lowest BCUT2D eigenvalue weighted by Gasteiger charge is -2.34. The van der Waals surface area contributed by atoms with Crippen LogP contribution < -0.4 is 5.32 Å². The van der Waals surface area contributed by atoms with E-state index >= 15 is 0 Å². The number of aryl methyl sites for hydroxylation is 3. The highest BCUT2D eigenvalue weighted by Crippen LogP contribution is 2.31. The van der Waals surface area contributed by atoms with Crippen molar-refractivity contribution in [2.45, 2.75) is 33.7 Å². The maximum absolute atomic E-state index is 13.3. The maximum atomic E-state index is 13.3. The van der Waals surface area contributed by atoms with E-state index in [1.54, 1.807) is 0 Å². The van der Waals surface area contributed by atoms with Gasteiger partial charge in [0.1, 0.15) is 11.5 Å². The molecular formula is C19H23ClN4O3. The zero-order valence-electron chi connectivity index (χ0n) is 15.8. The van der Waals surface area contributed by atoms with Crippen LogP contribution in [0.5, 0.6) is 0 Å². The van der Waals surface area contributed by atoms with Crippen LogP contribution in [0, 0.1) is 20.8 Å². The molecule has 144 valence electrons. The second kappa shape index (κ2) is 7.32. The van der Waals surface area contributed by atoms with E-state index in [0.717, 1.165) is 30.2 Å². The number of carbonyl (C=O) groups is 1. The van der Waals surface area contributed by atoms with Gasteiger partial charge in [-0.15, -0.1) is 12.4 Å². The van der Waals surface area contributed by atoms with Crippen molar-refractivity contribution in [1.29, 1.82) is 0 Å². The van der Waals surface area contributed by atoms with Gasteiger partial charge in [-0.25, -0.2) is 4.98 Å². The molecule has 1 amide bonds. The Morgan fingerprint density at radius 2 is 2.07 bits per heavy atom. The van der Waals surface area contributed by atoms with Crippen LogP contribution in [0.3, 0.4) is 0 Å². The Bertz CT molecular complexity index is 994. The predicted octanol–water partition coefficient (Wildman–Crippen LogP) is 3.26. The Kier molecular flexibility index (Phi) is 5.26. The summed E-state index contributed by atoms with van der Waals surface area (Å²) in [5.41, 5.74) is 3.15. The number of hydrogen-bond acceptors (Lipinski definition) is 6. The fourth-order valence-electron chi connectivity index (χ4n) is 3.58. The summed E-state index contributed by atoms with van der Waals surface area (Å²) in [5, 5.41) is 8.02. The number of fused-ring (bicyclic) bond motifs is 1. The number of rotatable bonds is 2. The molecule has 0 aliphatic carbocycles. The van der Waals surface area contributed by atoms with Gasteiger partial charge in [0, 0.05) is 31.2 Å². The van der Waals surface area contributed by atoms with E-state index in [0.29, 0.717) is 34.6 Å². The summed E-state index contributed by atoms with van der Waals surface area (Å²) in [6, 6.07) is 3.89. The minimum atomic E-state index is -0.0168. The van der Waals surface area contributed by atoms with Crippen molar-refractivity contribution in [1.82, 2.24) is 20.4 Å². The van der Waals surface area contributed by atoms with Crippen LogP contribution in [0.1, 0.15) is 34.5 Å². The van der Waals surface area contributed by atoms with Crippen molar-refractivity contribution in [2.75, 3.05) is 19.6 Å². The van der Waals surface area contributed by atoms with E-state index in [1.165, 1.54) is 0 Å². The molecule has 7 nitrogen and oxygen atoms in total. The van der Waals surface area contributed by atoms with Crippen LogP contribution in [0.2, 0.25) is 0 Å². The van der Waals surface area contributed by atoms with Crippen molar-refractivity contribution >= 4 is 29.4 Å². The Labute approximate surface area is 163 Å². The van der Waals surface area contributed by atoms with Crippen LogP contribution in [-0.4, -0.2) is 46.6 Å². The smallest absolute Gasteiger partial charge is 0.259 e. The Balaban J connectivity index is 0.00000210. The Hall–Kier alpha value is -2.38. The number of carbonyl (C=O) groups excluding carboxylic acids is 1. The summed E-state index contributed by atoms with van der Waals surface area (Å²) in [7, 11) is 0. The molecule has 0 aromatic carbocycles. The van der Waals surface area contributed by atoms with E-state index in [2.05, 4.69) is 15.5 Å². The first-order valence-corrected chi connectivity index (χ1v) is 8.82. The average Bonchev–Trinajstić information content (AvgIpc) is 3.16. The number of aromatic nitrogens is 2. The zero-order valence-corrected chi connectivity index (χ0v) is 16.6. The van der Waals surface area contributed by atoms with Crippen LogP contribution in [0.4, 0.5) is 0 Å². The third-order valence-corrected chi connectivity index (χ3v) is 4.93. The molecule has 3 aromatic heterocycles. The molecule has 1 N–H and O–H groups in total. The molecule has 3 aromatic rings. The molecule has 1 saturated heterocycles. The average molecular weight is 391 g/mol. The highest BCUT2D eigenvalue weighted by Gasteiger charge is 2.28. The van der Waals surface area contributed by atoms with Gasteiger partial charge >= 0.3 is 0 Å². The molecule has 27 heavy (non-hydrogen) atoms. The van der Waals surface area contributed by atoms with Crippen molar-refractivity contribution in [3.05, 3.63) is 34.9 Å². The van der Waals surface area contributed by atoms with Crippen LogP contribution in [-0.2, 0) is 0 Å². The van der Waals surface area contributed by atoms with Gasteiger partial charge in [0.05, 0.1) is 22.3 Å². The van der Waals surface area contributed by atoms with Crippen molar-refractivity contribution < 1.29 is 13.7 Å². The second-order valence-electron chi connectivity index (χ2n) is 6.88. The highest BCUT2D eigenvalue weighted by molar-refractivity contribution is 6.07. The van der Waals surface area contributed by atoms with E-state index in [1.807, 2.05) is 44.7 Å². The molecular weight excluding hydrogens is 368 g/mol. The van der Waals surface area contributed by atoms with Crippen molar-refractivity contribution in [3.63, 3.8) is 0 Å². The van der Waals surface area contributed by atoms with Gasteiger partial charge in [0.2, 0.25) is 0 Å². The number of furan rings is 1. The molecule has 1 aliphatic heterocycles. The zero-order chi connectivity index (χ0) is 18.4. The lowest BCUT2D eigenvalue weighted by atomic mass is 10.0. The SMILES string of the molecule is Cc1cc(-c2cc(C(=O)N3CCNCC3C)c3c(C)noc3n2)c(C)o1.Cl. The lowest BCUT2D eigenvalue weighted by Crippen LogP contribution is -2.52. The summed E-state index contributed by atoms with van der Waals surface area (Å²) < 4.78 is 11.0. The second-order valence-corrected chi connectivity index (χ2v) is 6.88. The summed E-state index contributed by atoms with van der Waals surface area (Å²) in [4.78, 5) is 19.8. The molecule has 0 saturated carbocycles. The molecule has 1 fully saturated rings. The summed E-state index contributed by atoms with van der Waals surface area (Å²) in [5.74, 6) is 1.55. The lowest BCUT2D eigenvalue weighted by molar-refractivity contribution is 0.0657. The molecule has 4 rings (SSSR count). The molecule has 1 aliphatic rings. The van der Waals surface area contributed by atoms with Gasteiger partial charge in [-0.05, 0) is 39.8 Å². The van der Waals surface area contributed by atoms with Crippen molar-refractivity contribution in [3.8, 4) is 11.3 Å². The predicted molar refractivity (Wildman–Crippen MR) is 104 cm³/mol. The number of pyridine rings is 1. The normalized spacial score (nSPS) is 17.2. The molecule has 0 bridgehead atoms. The first kappa shape index (κ1) is 19.4. The largest absolute Gasteiger partial charge is 0.466 e. The number of nitrogens with zero attached hydrogens (tertiary/aromatic N) is 3. The van der Waals surface area contributed by atoms with Crippen LogP contribution in [0.15, 0.2) is 21.1 Å². The quantitative estimate of drug-likeness (QED) is 0.723. The fraction of sp³-hybridized carbons (Fsp3) is 0.421. The van der Waals surface area contributed by atoms with Gasteiger partial charge in [-0.3, -0.25) is 4.79 Å². The first-order chi connectivity index (χ1) is 12.5. The standard InChI is InChI=1S/C19H22N4O3.ClH/c1-10-9-20-5-6-23(10)19(24)15-8-16(14-7-11(2)25-13(14)4)21-18-17(15)12(3)22-26-18;/h7-8,10,20H,5-6,9H2,1-4H3;1H. The number of halogens is 1. The fourth-order valence-corrected chi connectivity index (χ4v) is 3.58. The van der Waals surface area contributed by atoms with E-state index in [4.69, 9.17) is 8.94 Å². The third kappa shape index (κ3) is 3.33. The monoisotopic (exact) mass is 390 g/mol. The number of amides is 1. The number of hydrogen-bond donors (Lipinski definition) is 1.